The fourth-order valence-corrected chi connectivity index (χ4v) is 2.11. The molecule has 1 aliphatic rings. The minimum absolute atomic E-state index is 0.0378. The minimum Gasteiger partial charge on any atom is -0.356 e. The molecule has 0 spiro atoms. The van der Waals surface area contributed by atoms with Gasteiger partial charge in [-0.25, -0.2) is 0 Å². The van der Waals surface area contributed by atoms with Gasteiger partial charge in [0.25, 0.3) is 0 Å². The highest BCUT2D eigenvalue weighted by atomic mass is 16.2. The summed E-state index contributed by atoms with van der Waals surface area (Å²) >= 11 is 0. The first-order valence-electron chi connectivity index (χ1n) is 6.99. The van der Waals surface area contributed by atoms with E-state index in [0.717, 1.165) is 25.8 Å². The molecule has 1 aliphatic carbocycles. The highest BCUT2D eigenvalue weighted by molar-refractivity contribution is 5.78. The van der Waals surface area contributed by atoms with E-state index in [0.29, 0.717) is 25.6 Å². The van der Waals surface area contributed by atoms with Crippen LogP contribution in [-0.2, 0) is 9.59 Å². The van der Waals surface area contributed by atoms with Crippen LogP contribution >= 0.6 is 0 Å². The summed E-state index contributed by atoms with van der Waals surface area (Å²) in [5, 5.41) is 8.79. The molecular formula is C13H25N3O2. The minimum atomic E-state index is 0.0378. The lowest BCUT2D eigenvalue weighted by Gasteiger charge is -2.12. The summed E-state index contributed by atoms with van der Waals surface area (Å²) < 4.78 is 0. The number of amides is 2. The largest absolute Gasteiger partial charge is 0.356 e. The van der Waals surface area contributed by atoms with E-state index in [2.05, 4.69) is 16.0 Å². The Hall–Kier alpha value is -1.10. The SMILES string of the molecule is CCCNC(=O)CCNCC(=O)NC1CCCC1. The van der Waals surface area contributed by atoms with Crippen molar-refractivity contribution < 1.29 is 9.59 Å². The normalized spacial score (nSPS) is 15.6. The molecule has 0 heterocycles. The molecule has 1 saturated carbocycles. The first kappa shape index (κ1) is 15.0. The van der Waals surface area contributed by atoms with E-state index in [1.54, 1.807) is 0 Å². The lowest BCUT2D eigenvalue weighted by Crippen LogP contribution is -2.40. The Bertz CT molecular complexity index is 263. The first-order chi connectivity index (χ1) is 8.72. The molecule has 5 heteroatoms. The van der Waals surface area contributed by atoms with Crippen molar-refractivity contribution >= 4 is 11.8 Å². The van der Waals surface area contributed by atoms with Crippen molar-refractivity contribution in [3.63, 3.8) is 0 Å². The standard InChI is InChI=1S/C13H25N3O2/c1-2-8-15-12(17)7-9-14-10-13(18)16-11-5-3-4-6-11/h11,14H,2-10H2,1H3,(H,15,17)(H,16,18). The van der Waals surface area contributed by atoms with Gasteiger partial charge in [0, 0.05) is 25.6 Å². The fraction of sp³-hybridized carbons (Fsp3) is 0.846. The number of hydrogen-bond acceptors (Lipinski definition) is 3. The van der Waals surface area contributed by atoms with E-state index in [1.165, 1.54) is 12.8 Å². The monoisotopic (exact) mass is 255 g/mol. The van der Waals surface area contributed by atoms with Gasteiger partial charge in [-0.2, -0.15) is 0 Å². The molecule has 0 aromatic rings. The van der Waals surface area contributed by atoms with Gasteiger partial charge < -0.3 is 16.0 Å². The van der Waals surface area contributed by atoms with Crippen LogP contribution in [-0.4, -0.2) is 37.5 Å². The third-order valence-electron chi connectivity index (χ3n) is 3.11. The number of hydrogen-bond donors (Lipinski definition) is 3. The van der Waals surface area contributed by atoms with Crippen LogP contribution in [0.2, 0.25) is 0 Å². The lowest BCUT2D eigenvalue weighted by molar-refractivity contribution is -0.122. The maximum Gasteiger partial charge on any atom is 0.234 e. The second kappa shape index (κ2) is 8.91. The van der Waals surface area contributed by atoms with E-state index in [9.17, 15) is 9.59 Å². The summed E-state index contributed by atoms with van der Waals surface area (Å²) in [6, 6.07) is 0.368. The van der Waals surface area contributed by atoms with Crippen LogP contribution in [0.1, 0.15) is 45.4 Å². The zero-order valence-electron chi connectivity index (χ0n) is 11.3. The Morgan fingerprint density at radius 3 is 2.50 bits per heavy atom. The van der Waals surface area contributed by atoms with Gasteiger partial charge in [-0.1, -0.05) is 19.8 Å². The second-order valence-electron chi connectivity index (χ2n) is 4.83. The van der Waals surface area contributed by atoms with Crippen LogP contribution in [0.3, 0.4) is 0 Å². The van der Waals surface area contributed by atoms with E-state index < -0.39 is 0 Å². The summed E-state index contributed by atoms with van der Waals surface area (Å²) in [7, 11) is 0. The molecule has 0 aliphatic heterocycles. The Balaban J connectivity index is 1.96. The molecule has 0 radical (unpaired) electrons. The number of rotatable bonds is 8. The molecule has 0 saturated heterocycles. The van der Waals surface area contributed by atoms with Crippen molar-refractivity contribution in [3.8, 4) is 0 Å². The zero-order chi connectivity index (χ0) is 13.2. The predicted molar refractivity (Wildman–Crippen MR) is 71.2 cm³/mol. The Morgan fingerprint density at radius 1 is 1.11 bits per heavy atom. The molecule has 3 N–H and O–H groups in total. The topological polar surface area (TPSA) is 70.2 Å². The third-order valence-corrected chi connectivity index (χ3v) is 3.11. The van der Waals surface area contributed by atoms with Gasteiger partial charge in [0.1, 0.15) is 0 Å². The van der Waals surface area contributed by atoms with Crippen LogP contribution in [0.15, 0.2) is 0 Å². The van der Waals surface area contributed by atoms with Crippen LogP contribution in [0.4, 0.5) is 0 Å². The van der Waals surface area contributed by atoms with Crippen LogP contribution in [0.5, 0.6) is 0 Å². The van der Waals surface area contributed by atoms with Gasteiger partial charge in [0.05, 0.1) is 6.54 Å². The smallest absolute Gasteiger partial charge is 0.234 e. The molecule has 0 atom stereocenters. The van der Waals surface area contributed by atoms with E-state index in [1.807, 2.05) is 6.92 Å². The van der Waals surface area contributed by atoms with Crippen LogP contribution in [0.25, 0.3) is 0 Å². The quantitative estimate of drug-likeness (QED) is 0.555. The Morgan fingerprint density at radius 2 is 1.83 bits per heavy atom. The third kappa shape index (κ3) is 6.59. The highest BCUT2D eigenvalue weighted by Gasteiger charge is 2.16. The molecular weight excluding hydrogens is 230 g/mol. The molecule has 104 valence electrons. The maximum absolute atomic E-state index is 11.5. The summed E-state index contributed by atoms with van der Waals surface area (Å²) in [6.07, 6.45) is 6.02. The van der Waals surface area contributed by atoms with Gasteiger partial charge >= 0.3 is 0 Å². The molecule has 5 nitrogen and oxygen atoms in total. The van der Waals surface area contributed by atoms with Crippen molar-refractivity contribution in [3.05, 3.63) is 0 Å². The lowest BCUT2D eigenvalue weighted by atomic mass is 10.2. The van der Waals surface area contributed by atoms with Gasteiger partial charge in [0.2, 0.25) is 11.8 Å². The van der Waals surface area contributed by atoms with Crippen LogP contribution < -0.4 is 16.0 Å². The van der Waals surface area contributed by atoms with Crippen molar-refractivity contribution in [2.24, 2.45) is 0 Å². The molecule has 0 bridgehead atoms. The summed E-state index contributed by atoms with van der Waals surface area (Å²) in [4.78, 5) is 22.8. The second-order valence-corrected chi connectivity index (χ2v) is 4.83. The first-order valence-corrected chi connectivity index (χ1v) is 6.99. The molecule has 0 unspecified atom stereocenters. The summed E-state index contributed by atoms with van der Waals surface area (Å²) in [6.45, 7) is 3.60. The number of carbonyl (C=O) groups excluding carboxylic acids is 2. The zero-order valence-corrected chi connectivity index (χ0v) is 11.3. The average molecular weight is 255 g/mol. The summed E-state index contributed by atoms with van der Waals surface area (Å²) in [5.74, 6) is 0.0800. The van der Waals surface area contributed by atoms with Crippen molar-refractivity contribution in [1.82, 2.24) is 16.0 Å². The predicted octanol–water partition coefficient (Wildman–Crippen LogP) is 0.551. The molecule has 0 aromatic carbocycles. The van der Waals surface area contributed by atoms with Gasteiger partial charge in [0.15, 0.2) is 0 Å². The average Bonchev–Trinajstić information content (AvgIpc) is 2.85. The van der Waals surface area contributed by atoms with Gasteiger partial charge in [-0.05, 0) is 19.3 Å². The van der Waals surface area contributed by atoms with Crippen molar-refractivity contribution in [1.29, 1.82) is 0 Å². The van der Waals surface area contributed by atoms with Crippen molar-refractivity contribution in [2.45, 2.75) is 51.5 Å². The van der Waals surface area contributed by atoms with Crippen LogP contribution in [0, 0.1) is 0 Å². The number of nitrogens with one attached hydrogen (secondary N) is 3. The van der Waals surface area contributed by atoms with E-state index >= 15 is 0 Å². The highest BCUT2D eigenvalue weighted by Crippen LogP contribution is 2.17. The molecule has 0 aromatic heterocycles. The Kier molecular flexibility index (Phi) is 7.41. The Labute approximate surface area is 109 Å². The van der Waals surface area contributed by atoms with Crippen molar-refractivity contribution in [2.75, 3.05) is 19.6 Å². The molecule has 18 heavy (non-hydrogen) atoms. The molecule has 1 fully saturated rings. The van der Waals surface area contributed by atoms with Gasteiger partial charge in [-0.15, -0.1) is 0 Å². The fourth-order valence-electron chi connectivity index (χ4n) is 2.11. The summed E-state index contributed by atoms with van der Waals surface area (Å²) in [5.41, 5.74) is 0. The van der Waals surface area contributed by atoms with Gasteiger partial charge in [-0.3, -0.25) is 9.59 Å². The van der Waals surface area contributed by atoms with E-state index in [-0.39, 0.29) is 11.8 Å². The molecule has 1 rings (SSSR count). The number of carbonyl (C=O) groups is 2. The van der Waals surface area contributed by atoms with E-state index in [4.69, 9.17) is 0 Å². The maximum atomic E-state index is 11.5. The molecule has 2 amide bonds.